The van der Waals surface area contributed by atoms with Crippen LogP contribution in [0.15, 0.2) is 0 Å². The smallest absolute Gasteiger partial charge is 0.201 e. The van der Waals surface area contributed by atoms with Gasteiger partial charge in [0.1, 0.15) is 0 Å². The van der Waals surface area contributed by atoms with E-state index in [2.05, 4.69) is 13.8 Å². The van der Waals surface area contributed by atoms with Crippen LogP contribution in [-0.4, -0.2) is 31.1 Å². The number of methoxy groups -OCH3 is 1. The summed E-state index contributed by atoms with van der Waals surface area (Å²) < 4.78 is 17.9. The van der Waals surface area contributed by atoms with Crippen molar-refractivity contribution in [1.82, 2.24) is 0 Å². The average molecular weight is 298 g/mol. The van der Waals surface area contributed by atoms with Crippen LogP contribution in [0.4, 0.5) is 0 Å². The summed E-state index contributed by atoms with van der Waals surface area (Å²) in [5, 5.41) is 0. The first-order valence-electron chi connectivity index (χ1n) is 8.23. The van der Waals surface area contributed by atoms with Crippen molar-refractivity contribution in [3.63, 3.8) is 0 Å². The summed E-state index contributed by atoms with van der Waals surface area (Å²) >= 11 is 0. The van der Waals surface area contributed by atoms with Gasteiger partial charge in [0.2, 0.25) is 5.79 Å². The maximum absolute atomic E-state index is 6.21. The molecule has 0 radical (unpaired) electrons. The van der Waals surface area contributed by atoms with E-state index in [0.717, 1.165) is 19.3 Å². The largest absolute Gasteiger partial charge is 0.355 e. The molecule has 4 heterocycles. The first kappa shape index (κ1) is 14.4. The van der Waals surface area contributed by atoms with E-state index in [0.29, 0.717) is 17.8 Å². The highest BCUT2D eigenvalue weighted by Gasteiger charge is 2.69. The van der Waals surface area contributed by atoms with Crippen molar-refractivity contribution in [2.45, 2.75) is 70.4 Å². The monoisotopic (exact) mass is 298 g/mol. The quantitative estimate of drug-likeness (QED) is 0.697. The van der Waals surface area contributed by atoms with E-state index < -0.39 is 17.7 Å². The van der Waals surface area contributed by atoms with E-state index in [9.17, 15) is 0 Å². The van der Waals surface area contributed by atoms with Crippen LogP contribution in [0.1, 0.15) is 46.5 Å². The van der Waals surface area contributed by atoms with Gasteiger partial charge in [-0.2, -0.15) is 0 Å². The Kier molecular flexibility index (Phi) is 3.19. The van der Waals surface area contributed by atoms with E-state index in [1.165, 1.54) is 6.42 Å². The molecule has 1 spiro atoms. The Labute approximate surface area is 126 Å². The molecule has 0 aromatic carbocycles. The number of ether oxygens (including phenoxy) is 3. The zero-order valence-electron chi connectivity index (χ0n) is 13.3. The third-order valence-corrected chi connectivity index (χ3v) is 6.33. The first-order chi connectivity index (χ1) is 10.00. The van der Waals surface area contributed by atoms with Crippen LogP contribution in [0, 0.1) is 23.7 Å². The van der Waals surface area contributed by atoms with Crippen LogP contribution in [-0.2, 0) is 24.0 Å². The molecule has 0 amide bonds. The Morgan fingerprint density at radius 3 is 2.62 bits per heavy atom. The van der Waals surface area contributed by atoms with Crippen LogP contribution in [0.2, 0.25) is 0 Å². The second-order valence-corrected chi connectivity index (χ2v) is 7.51. The van der Waals surface area contributed by atoms with Crippen molar-refractivity contribution < 1.29 is 24.0 Å². The minimum absolute atomic E-state index is 0.230. The molecular weight excluding hydrogens is 272 g/mol. The summed E-state index contributed by atoms with van der Waals surface area (Å²) in [6, 6.07) is 0. The fourth-order valence-electron chi connectivity index (χ4n) is 5.14. The molecule has 6 unspecified atom stereocenters. The molecule has 0 aromatic heterocycles. The minimum Gasteiger partial charge on any atom is -0.355 e. The lowest BCUT2D eigenvalue weighted by Crippen LogP contribution is -2.70. The van der Waals surface area contributed by atoms with Crippen molar-refractivity contribution in [2.75, 3.05) is 7.11 Å². The summed E-state index contributed by atoms with van der Waals surface area (Å²) in [6.45, 7) is 6.46. The van der Waals surface area contributed by atoms with Gasteiger partial charge in [-0.3, -0.25) is 0 Å². The Morgan fingerprint density at radius 1 is 1.05 bits per heavy atom. The summed E-state index contributed by atoms with van der Waals surface area (Å²) in [5.74, 6) is 0.953. The number of hydrogen-bond donors (Lipinski definition) is 0. The van der Waals surface area contributed by atoms with Crippen LogP contribution >= 0.6 is 0 Å². The second-order valence-electron chi connectivity index (χ2n) is 7.51. The molecule has 5 nitrogen and oxygen atoms in total. The third kappa shape index (κ3) is 1.81. The van der Waals surface area contributed by atoms with E-state index in [-0.39, 0.29) is 12.2 Å². The van der Waals surface area contributed by atoms with Crippen molar-refractivity contribution in [3.05, 3.63) is 0 Å². The zero-order chi connectivity index (χ0) is 14.8. The van der Waals surface area contributed by atoms with Crippen molar-refractivity contribution in [2.24, 2.45) is 23.7 Å². The van der Waals surface area contributed by atoms with Gasteiger partial charge in [0.25, 0.3) is 0 Å². The van der Waals surface area contributed by atoms with Crippen LogP contribution in [0.3, 0.4) is 0 Å². The van der Waals surface area contributed by atoms with Gasteiger partial charge < -0.3 is 14.2 Å². The van der Waals surface area contributed by atoms with Gasteiger partial charge in [-0.05, 0) is 38.0 Å². The summed E-state index contributed by atoms with van der Waals surface area (Å²) in [6.07, 6.45) is 3.64. The van der Waals surface area contributed by atoms with E-state index in [1.807, 2.05) is 6.92 Å². The molecule has 4 aliphatic heterocycles. The van der Waals surface area contributed by atoms with Crippen LogP contribution < -0.4 is 0 Å². The molecule has 0 aromatic rings. The predicted octanol–water partition coefficient (Wildman–Crippen LogP) is 2.84. The van der Waals surface area contributed by atoms with Crippen molar-refractivity contribution in [3.8, 4) is 0 Å². The summed E-state index contributed by atoms with van der Waals surface area (Å²) in [4.78, 5) is 11.8. The number of rotatable bonds is 1. The van der Waals surface area contributed by atoms with Gasteiger partial charge in [-0.1, -0.05) is 13.8 Å². The molecule has 4 saturated heterocycles. The fourth-order valence-corrected chi connectivity index (χ4v) is 5.14. The molecule has 5 rings (SSSR count). The lowest BCUT2D eigenvalue weighted by molar-refractivity contribution is -0.577. The summed E-state index contributed by atoms with van der Waals surface area (Å²) in [7, 11) is 1.70. The topological polar surface area (TPSA) is 46.2 Å². The van der Waals surface area contributed by atoms with Gasteiger partial charge in [0, 0.05) is 25.4 Å². The highest BCUT2D eigenvalue weighted by Crippen LogP contribution is 2.60. The Balaban J connectivity index is 1.79. The third-order valence-electron chi connectivity index (χ3n) is 6.33. The molecule has 8 atom stereocenters. The van der Waals surface area contributed by atoms with E-state index in [4.69, 9.17) is 24.0 Å². The number of fused-ring (bicyclic) bond motifs is 2. The Hall–Kier alpha value is -0.200. The Morgan fingerprint density at radius 2 is 1.86 bits per heavy atom. The maximum atomic E-state index is 6.21. The average Bonchev–Trinajstić information content (AvgIpc) is 2.69. The molecule has 1 saturated carbocycles. The van der Waals surface area contributed by atoms with Crippen molar-refractivity contribution >= 4 is 0 Å². The standard InChI is InChI=1S/C16H26O5/c1-9-5-6-12-10(2)13(17-4)18-14-16(12)11(9)7-8-15(3,19-14)20-21-16/h9-14H,5-8H2,1-4H3/t9?,10?,11?,12?,13?,14?,15-,16-/m1/s1. The molecule has 21 heavy (non-hydrogen) atoms. The second kappa shape index (κ2) is 4.65. The van der Waals surface area contributed by atoms with Gasteiger partial charge in [0.15, 0.2) is 18.2 Å². The normalized spacial score (nSPS) is 59.4. The van der Waals surface area contributed by atoms with Gasteiger partial charge in [-0.15, -0.1) is 0 Å². The molecule has 0 N–H and O–H groups in total. The van der Waals surface area contributed by atoms with Gasteiger partial charge in [0.05, 0.1) is 0 Å². The van der Waals surface area contributed by atoms with E-state index in [1.54, 1.807) is 7.11 Å². The highest BCUT2D eigenvalue weighted by atomic mass is 17.3. The van der Waals surface area contributed by atoms with Gasteiger partial charge >= 0.3 is 0 Å². The number of hydrogen-bond acceptors (Lipinski definition) is 5. The van der Waals surface area contributed by atoms with Gasteiger partial charge in [-0.25, -0.2) is 9.78 Å². The molecule has 5 aliphatic rings. The van der Waals surface area contributed by atoms with Crippen LogP contribution in [0.5, 0.6) is 0 Å². The molecule has 2 bridgehead atoms. The van der Waals surface area contributed by atoms with Crippen molar-refractivity contribution in [1.29, 1.82) is 0 Å². The SMILES string of the molecule is COC1OC2O[C@@]3(C)CCC4C(C)CCC(C1C)[C@@]24OO3. The zero-order valence-corrected chi connectivity index (χ0v) is 13.3. The molecule has 120 valence electrons. The molecule has 5 fully saturated rings. The lowest BCUT2D eigenvalue weighted by atomic mass is 9.58. The fraction of sp³-hybridized carbons (Fsp3) is 1.00. The summed E-state index contributed by atoms with van der Waals surface area (Å²) in [5.41, 5.74) is -0.470. The Bertz CT molecular complexity index is 429. The van der Waals surface area contributed by atoms with Crippen LogP contribution in [0.25, 0.3) is 0 Å². The molecule has 5 heteroatoms. The lowest BCUT2D eigenvalue weighted by Gasteiger charge is -2.60. The predicted molar refractivity (Wildman–Crippen MR) is 73.8 cm³/mol. The molecule has 1 aliphatic carbocycles. The first-order valence-corrected chi connectivity index (χ1v) is 8.23. The minimum atomic E-state index is -0.698. The maximum Gasteiger partial charge on any atom is 0.201 e. The molecular formula is C16H26O5. The highest BCUT2D eigenvalue weighted by molar-refractivity contribution is 5.08. The van der Waals surface area contributed by atoms with E-state index >= 15 is 0 Å².